The van der Waals surface area contributed by atoms with Crippen molar-refractivity contribution in [2.45, 2.75) is 45.3 Å². The first-order valence-electron chi connectivity index (χ1n) is 6.58. The molecule has 1 aliphatic heterocycles. The summed E-state index contributed by atoms with van der Waals surface area (Å²) in [4.78, 5) is 25.4. The highest BCUT2D eigenvalue weighted by molar-refractivity contribution is 9.10. The number of likely N-dealkylation sites (tertiary alicyclic amines) is 1. The molecule has 1 aliphatic rings. The molecule has 4 nitrogen and oxygen atoms in total. The average molecular weight is 340 g/mol. The molecule has 1 saturated heterocycles. The van der Waals surface area contributed by atoms with Crippen molar-refractivity contribution in [1.82, 2.24) is 4.90 Å². The Hall–Kier alpha value is -1.36. The molecule has 5 heteroatoms. The smallest absolute Gasteiger partial charge is 0.417 e. The van der Waals surface area contributed by atoms with Gasteiger partial charge in [-0.15, -0.1) is 0 Å². The first-order chi connectivity index (χ1) is 9.28. The van der Waals surface area contributed by atoms with Crippen molar-refractivity contribution in [1.29, 1.82) is 0 Å². The van der Waals surface area contributed by atoms with Crippen LogP contribution in [0.5, 0.6) is 0 Å². The van der Waals surface area contributed by atoms with E-state index in [1.165, 1.54) is 4.90 Å². The van der Waals surface area contributed by atoms with Crippen molar-refractivity contribution in [3.05, 3.63) is 34.3 Å². The first-order valence-corrected chi connectivity index (χ1v) is 7.38. The van der Waals surface area contributed by atoms with Crippen LogP contribution >= 0.6 is 15.9 Å². The lowest BCUT2D eigenvalue weighted by Gasteiger charge is -2.27. The number of rotatable bonds is 1. The second kappa shape index (κ2) is 5.56. The molecule has 1 aromatic rings. The summed E-state index contributed by atoms with van der Waals surface area (Å²) in [6.07, 6.45) is 0.451. The van der Waals surface area contributed by atoms with Crippen LogP contribution in [0, 0.1) is 0 Å². The van der Waals surface area contributed by atoms with Crippen LogP contribution in [0.15, 0.2) is 28.7 Å². The molecule has 0 spiro atoms. The van der Waals surface area contributed by atoms with Gasteiger partial charge in [-0.05, 0) is 44.9 Å². The van der Waals surface area contributed by atoms with Crippen molar-refractivity contribution < 1.29 is 14.3 Å². The van der Waals surface area contributed by atoms with Gasteiger partial charge < -0.3 is 4.74 Å². The van der Waals surface area contributed by atoms with Gasteiger partial charge in [0, 0.05) is 10.9 Å². The summed E-state index contributed by atoms with van der Waals surface area (Å²) in [5.41, 5.74) is 0.342. The standard InChI is InChI=1S/C15H18BrNO3/c1-15(2,3)20-14(19)17-12(8-9-13(17)18)10-4-6-11(16)7-5-10/h4-7,12H,8-9H2,1-3H3/t12-/m0/s1. The number of carbonyl (C=O) groups excluding carboxylic acids is 2. The Morgan fingerprint density at radius 1 is 1.30 bits per heavy atom. The van der Waals surface area contributed by atoms with Gasteiger partial charge in [0.2, 0.25) is 5.91 Å². The summed E-state index contributed by atoms with van der Waals surface area (Å²) in [6, 6.07) is 7.43. The average Bonchev–Trinajstić information content (AvgIpc) is 2.70. The Labute approximate surface area is 127 Å². The molecule has 1 fully saturated rings. The number of imide groups is 1. The van der Waals surface area contributed by atoms with Crippen LogP contribution in [0.3, 0.4) is 0 Å². The third kappa shape index (κ3) is 3.39. The number of ether oxygens (including phenoxy) is 1. The van der Waals surface area contributed by atoms with E-state index in [0.29, 0.717) is 12.8 Å². The van der Waals surface area contributed by atoms with Gasteiger partial charge in [0.1, 0.15) is 5.60 Å². The predicted molar refractivity (Wildman–Crippen MR) is 79.2 cm³/mol. The van der Waals surface area contributed by atoms with Gasteiger partial charge in [-0.25, -0.2) is 9.69 Å². The van der Waals surface area contributed by atoms with E-state index in [1.807, 2.05) is 24.3 Å². The highest BCUT2D eigenvalue weighted by atomic mass is 79.9. The predicted octanol–water partition coefficient (Wildman–Crippen LogP) is 4.05. The maximum Gasteiger partial charge on any atom is 0.417 e. The Morgan fingerprint density at radius 3 is 2.45 bits per heavy atom. The molecule has 1 heterocycles. The van der Waals surface area contributed by atoms with Crippen molar-refractivity contribution in [3.8, 4) is 0 Å². The molecule has 0 radical (unpaired) electrons. The van der Waals surface area contributed by atoms with Crippen molar-refractivity contribution >= 4 is 27.9 Å². The van der Waals surface area contributed by atoms with Gasteiger partial charge in [-0.2, -0.15) is 0 Å². The summed E-state index contributed by atoms with van der Waals surface area (Å²) < 4.78 is 6.29. The molecule has 1 aromatic carbocycles. The number of nitrogens with zero attached hydrogens (tertiary/aromatic N) is 1. The fourth-order valence-corrected chi connectivity index (χ4v) is 2.49. The van der Waals surface area contributed by atoms with Gasteiger partial charge in [-0.3, -0.25) is 4.79 Å². The largest absolute Gasteiger partial charge is 0.443 e. The number of benzene rings is 1. The highest BCUT2D eigenvalue weighted by Gasteiger charge is 2.39. The number of hydrogen-bond donors (Lipinski definition) is 0. The third-order valence-corrected chi connectivity index (χ3v) is 3.59. The zero-order chi connectivity index (χ0) is 14.9. The van der Waals surface area contributed by atoms with Crippen molar-refractivity contribution in [2.75, 3.05) is 0 Å². The molecule has 1 atom stereocenters. The number of carbonyl (C=O) groups is 2. The lowest BCUT2D eigenvalue weighted by atomic mass is 10.1. The normalized spacial score (nSPS) is 19.3. The molecular formula is C15H18BrNO3. The van der Waals surface area contributed by atoms with E-state index < -0.39 is 11.7 Å². The van der Waals surface area contributed by atoms with E-state index in [4.69, 9.17) is 4.74 Å². The summed E-state index contributed by atoms with van der Waals surface area (Å²) in [7, 11) is 0. The van der Waals surface area contributed by atoms with Crippen molar-refractivity contribution in [3.63, 3.8) is 0 Å². The minimum atomic E-state index is -0.607. The Morgan fingerprint density at radius 2 is 1.90 bits per heavy atom. The van der Waals surface area contributed by atoms with E-state index in [1.54, 1.807) is 20.8 Å². The Balaban J connectivity index is 2.22. The van der Waals surface area contributed by atoms with Gasteiger partial charge in [0.15, 0.2) is 0 Å². The van der Waals surface area contributed by atoms with Gasteiger partial charge in [-0.1, -0.05) is 28.1 Å². The summed E-state index contributed by atoms with van der Waals surface area (Å²) >= 11 is 3.38. The Bertz CT molecular complexity index is 519. The molecule has 0 aliphatic carbocycles. The van der Waals surface area contributed by atoms with E-state index in [2.05, 4.69) is 15.9 Å². The summed E-state index contributed by atoms with van der Waals surface area (Å²) in [5.74, 6) is -0.174. The highest BCUT2D eigenvalue weighted by Crippen LogP contribution is 2.34. The molecule has 0 N–H and O–H groups in total. The summed E-state index contributed by atoms with van der Waals surface area (Å²) in [6.45, 7) is 5.38. The zero-order valence-corrected chi connectivity index (χ0v) is 13.4. The van der Waals surface area contributed by atoms with Crippen molar-refractivity contribution in [2.24, 2.45) is 0 Å². The third-order valence-electron chi connectivity index (χ3n) is 3.06. The molecule has 0 saturated carbocycles. The van der Waals surface area contributed by atoms with Gasteiger partial charge >= 0.3 is 6.09 Å². The number of halogens is 1. The first kappa shape index (κ1) is 15.0. The van der Waals surface area contributed by atoms with Crippen LogP contribution in [0.25, 0.3) is 0 Å². The maximum absolute atomic E-state index is 12.2. The summed E-state index contributed by atoms with van der Waals surface area (Å²) in [5, 5.41) is 0. The fraction of sp³-hybridized carbons (Fsp3) is 0.467. The van der Waals surface area contributed by atoms with E-state index in [-0.39, 0.29) is 11.9 Å². The topological polar surface area (TPSA) is 46.6 Å². The fourth-order valence-electron chi connectivity index (χ4n) is 2.22. The quantitative estimate of drug-likeness (QED) is 0.775. The van der Waals surface area contributed by atoms with E-state index >= 15 is 0 Å². The molecule has 20 heavy (non-hydrogen) atoms. The van der Waals surface area contributed by atoms with Crippen LogP contribution in [0.1, 0.15) is 45.2 Å². The minimum Gasteiger partial charge on any atom is -0.443 e. The molecule has 2 rings (SSSR count). The molecule has 0 unspecified atom stereocenters. The Kier molecular flexibility index (Phi) is 4.18. The lowest BCUT2D eigenvalue weighted by Crippen LogP contribution is -2.38. The molecule has 0 bridgehead atoms. The van der Waals surface area contributed by atoms with Crippen LogP contribution in [0.4, 0.5) is 4.79 Å². The molecular weight excluding hydrogens is 322 g/mol. The SMILES string of the molecule is CC(C)(C)OC(=O)N1C(=O)CC[C@H]1c1ccc(Br)cc1. The van der Waals surface area contributed by atoms with Crippen LogP contribution in [0.2, 0.25) is 0 Å². The van der Waals surface area contributed by atoms with Gasteiger partial charge in [0.25, 0.3) is 0 Å². The van der Waals surface area contributed by atoms with E-state index in [0.717, 1.165) is 10.0 Å². The zero-order valence-electron chi connectivity index (χ0n) is 11.9. The molecule has 108 valence electrons. The maximum atomic E-state index is 12.2. The molecule has 0 aromatic heterocycles. The van der Waals surface area contributed by atoms with E-state index in [9.17, 15) is 9.59 Å². The monoisotopic (exact) mass is 339 g/mol. The van der Waals surface area contributed by atoms with Gasteiger partial charge in [0.05, 0.1) is 6.04 Å². The second-order valence-electron chi connectivity index (χ2n) is 5.85. The second-order valence-corrected chi connectivity index (χ2v) is 6.77. The van der Waals surface area contributed by atoms with Crippen LogP contribution < -0.4 is 0 Å². The lowest BCUT2D eigenvalue weighted by molar-refractivity contribution is -0.128. The number of amides is 2. The minimum absolute atomic E-state index is 0.174. The molecule has 2 amide bonds. The van der Waals surface area contributed by atoms with Crippen LogP contribution in [-0.4, -0.2) is 22.5 Å². The van der Waals surface area contributed by atoms with Crippen LogP contribution in [-0.2, 0) is 9.53 Å². The number of hydrogen-bond acceptors (Lipinski definition) is 3.